The maximum absolute atomic E-state index is 13.5. The van der Waals surface area contributed by atoms with E-state index in [2.05, 4.69) is 0 Å². The normalized spacial score (nSPS) is 27.3. The van der Waals surface area contributed by atoms with Gasteiger partial charge in [-0.2, -0.15) is 0 Å². The fourth-order valence-electron chi connectivity index (χ4n) is 4.31. The fourth-order valence-corrected chi connectivity index (χ4v) is 6.13. The monoisotopic (exact) mass is 386 g/mol. The largest absolute Gasteiger partial charge is 0.380 e. The molecule has 0 spiro atoms. The van der Waals surface area contributed by atoms with E-state index in [9.17, 15) is 13.2 Å². The molecule has 3 aliphatic rings. The second kappa shape index (κ2) is 6.27. The number of hydrogen-bond donors (Lipinski definition) is 0. The number of rotatable bonds is 2. The van der Waals surface area contributed by atoms with Crippen molar-refractivity contribution in [1.82, 2.24) is 9.88 Å². The van der Waals surface area contributed by atoms with Crippen molar-refractivity contribution in [2.24, 2.45) is 0 Å². The number of pyridine rings is 1. The molecule has 1 aromatic carbocycles. The molecule has 3 heterocycles. The van der Waals surface area contributed by atoms with E-state index in [1.807, 2.05) is 30.3 Å². The zero-order chi connectivity index (χ0) is 18.6. The van der Waals surface area contributed by atoms with Crippen molar-refractivity contribution in [3.8, 4) is 0 Å². The van der Waals surface area contributed by atoms with Gasteiger partial charge in [0, 0.05) is 30.1 Å². The van der Waals surface area contributed by atoms with Gasteiger partial charge >= 0.3 is 0 Å². The lowest BCUT2D eigenvalue weighted by Crippen LogP contribution is -2.60. The minimum atomic E-state index is -3.22. The molecular formula is C20H22N2O4S. The van der Waals surface area contributed by atoms with Gasteiger partial charge in [0.15, 0.2) is 9.84 Å². The second-order valence-corrected chi connectivity index (χ2v) is 10.1. The van der Waals surface area contributed by atoms with Crippen LogP contribution in [0.25, 0.3) is 10.9 Å². The Labute approximate surface area is 158 Å². The number of hydrogen-bond acceptors (Lipinski definition) is 5. The van der Waals surface area contributed by atoms with Crippen molar-refractivity contribution >= 4 is 26.6 Å². The third kappa shape index (κ3) is 2.93. The summed E-state index contributed by atoms with van der Waals surface area (Å²) in [5, 5.41) is 0.226. The number of para-hydroxylation sites is 1. The summed E-state index contributed by atoms with van der Waals surface area (Å²) in [4.78, 5) is 20.1. The average Bonchev–Trinajstić information content (AvgIpc) is 3.52. The van der Waals surface area contributed by atoms with Gasteiger partial charge in [-0.15, -0.1) is 0 Å². The predicted octanol–water partition coefficient (Wildman–Crippen LogP) is 2.14. The van der Waals surface area contributed by atoms with E-state index < -0.39 is 15.1 Å². The average molecular weight is 386 g/mol. The third-order valence-corrected chi connectivity index (χ3v) is 8.09. The zero-order valence-electron chi connectivity index (χ0n) is 15.0. The summed E-state index contributed by atoms with van der Waals surface area (Å²) >= 11 is 0. The Bertz CT molecular complexity index is 1020. The lowest BCUT2D eigenvalue weighted by Gasteiger charge is -2.43. The Kier molecular flexibility index (Phi) is 3.98. The van der Waals surface area contributed by atoms with Crippen LogP contribution in [0.5, 0.6) is 0 Å². The summed E-state index contributed by atoms with van der Waals surface area (Å²) in [5.74, 6) is 0.364. The van der Waals surface area contributed by atoms with Gasteiger partial charge in [-0.1, -0.05) is 18.2 Å². The van der Waals surface area contributed by atoms with Gasteiger partial charge in [0.2, 0.25) is 0 Å². The van der Waals surface area contributed by atoms with Crippen molar-refractivity contribution < 1.29 is 17.9 Å². The molecule has 0 bridgehead atoms. The third-order valence-electron chi connectivity index (χ3n) is 5.97. The van der Waals surface area contributed by atoms with E-state index in [1.54, 1.807) is 4.90 Å². The number of amides is 1. The summed E-state index contributed by atoms with van der Waals surface area (Å²) in [6.45, 7) is 0.920. The van der Waals surface area contributed by atoms with Gasteiger partial charge in [-0.25, -0.2) is 8.42 Å². The molecule has 142 valence electrons. The highest BCUT2D eigenvalue weighted by Gasteiger charge is 2.45. The van der Waals surface area contributed by atoms with Crippen LogP contribution >= 0.6 is 0 Å². The fraction of sp³-hybridized carbons (Fsp3) is 0.500. The molecule has 2 aliphatic heterocycles. The highest BCUT2D eigenvalue weighted by molar-refractivity contribution is 7.92. The Morgan fingerprint density at radius 3 is 2.81 bits per heavy atom. The van der Waals surface area contributed by atoms with Crippen LogP contribution in [0.15, 0.2) is 30.3 Å². The molecule has 0 unspecified atom stereocenters. The molecule has 1 aromatic heterocycles. The molecule has 1 amide bonds. The van der Waals surface area contributed by atoms with Gasteiger partial charge in [-0.05, 0) is 31.4 Å². The summed E-state index contributed by atoms with van der Waals surface area (Å²) in [6.07, 6.45) is 2.79. The first-order valence-electron chi connectivity index (χ1n) is 9.54. The van der Waals surface area contributed by atoms with E-state index >= 15 is 0 Å². The first-order chi connectivity index (χ1) is 13.0. The predicted molar refractivity (Wildman–Crippen MR) is 102 cm³/mol. The Balaban J connectivity index is 1.57. The van der Waals surface area contributed by atoms with Gasteiger partial charge < -0.3 is 9.64 Å². The van der Waals surface area contributed by atoms with Crippen LogP contribution in [0.1, 0.15) is 41.2 Å². The molecule has 2 aromatic rings. The molecular weight excluding hydrogens is 364 g/mol. The first kappa shape index (κ1) is 17.1. The lowest BCUT2D eigenvalue weighted by molar-refractivity contribution is 0.0295. The molecule has 2 atom stereocenters. The number of ether oxygens (including phenoxy) is 1. The Morgan fingerprint density at radius 1 is 1.19 bits per heavy atom. The van der Waals surface area contributed by atoms with Gasteiger partial charge in [0.25, 0.3) is 5.91 Å². The minimum absolute atomic E-state index is 0.00175. The second-order valence-electron chi connectivity index (χ2n) is 7.72. The summed E-state index contributed by atoms with van der Waals surface area (Å²) < 4.78 is 30.3. The highest BCUT2D eigenvalue weighted by Crippen LogP contribution is 2.40. The lowest BCUT2D eigenvalue weighted by atomic mass is 10.0. The van der Waals surface area contributed by atoms with Crippen molar-refractivity contribution in [3.63, 3.8) is 0 Å². The van der Waals surface area contributed by atoms with Crippen LogP contribution in [0, 0.1) is 0 Å². The number of benzene rings is 1. The number of carbonyl (C=O) groups is 1. The molecule has 1 aliphatic carbocycles. The van der Waals surface area contributed by atoms with E-state index in [4.69, 9.17) is 9.72 Å². The first-order valence-corrected chi connectivity index (χ1v) is 11.3. The summed E-state index contributed by atoms with van der Waals surface area (Å²) in [5.41, 5.74) is 2.45. The smallest absolute Gasteiger partial charge is 0.254 e. The highest BCUT2D eigenvalue weighted by atomic mass is 32.2. The molecule has 3 fully saturated rings. The molecule has 5 rings (SSSR count). The van der Waals surface area contributed by atoms with Crippen LogP contribution in [-0.4, -0.2) is 61.0 Å². The molecule has 1 saturated carbocycles. The van der Waals surface area contributed by atoms with E-state index in [0.717, 1.165) is 29.4 Å². The van der Waals surface area contributed by atoms with Gasteiger partial charge in [0.1, 0.15) is 5.25 Å². The number of fused-ring (bicyclic) bond motifs is 2. The van der Waals surface area contributed by atoms with Crippen LogP contribution < -0.4 is 0 Å². The van der Waals surface area contributed by atoms with E-state index in [1.165, 1.54) is 0 Å². The van der Waals surface area contributed by atoms with Crippen LogP contribution in [0.4, 0.5) is 0 Å². The zero-order valence-corrected chi connectivity index (χ0v) is 15.8. The molecule has 27 heavy (non-hydrogen) atoms. The van der Waals surface area contributed by atoms with Crippen molar-refractivity contribution in [3.05, 3.63) is 41.6 Å². The standard InChI is InChI=1S/C20H22N2O4S/c23-20(22-8-10-27(24,25)19-12-26-9-7-18(19)22)15-11-17(13-5-6-13)21-16-4-2-1-3-14(15)16/h1-4,11,13,18-19H,5-10,12H2/t18-,19-/m0/s1. The van der Waals surface area contributed by atoms with Gasteiger partial charge in [0.05, 0.1) is 29.5 Å². The number of aromatic nitrogens is 1. The molecule has 6 nitrogen and oxygen atoms in total. The summed E-state index contributed by atoms with van der Waals surface area (Å²) in [7, 11) is -3.22. The van der Waals surface area contributed by atoms with Crippen molar-refractivity contribution in [1.29, 1.82) is 0 Å². The van der Waals surface area contributed by atoms with Crippen molar-refractivity contribution in [2.75, 3.05) is 25.5 Å². The number of carbonyl (C=O) groups excluding carboxylic acids is 1. The summed E-state index contributed by atoms with van der Waals surface area (Å²) in [6, 6.07) is 9.34. The van der Waals surface area contributed by atoms with Gasteiger partial charge in [-0.3, -0.25) is 9.78 Å². The SMILES string of the molecule is O=C(c1cc(C2CC2)nc2ccccc12)N1CCS(=O)(=O)[C@H]2COCC[C@@H]21. The van der Waals surface area contributed by atoms with Crippen molar-refractivity contribution in [2.45, 2.75) is 36.5 Å². The van der Waals surface area contributed by atoms with E-state index in [-0.39, 0.29) is 30.9 Å². The van der Waals surface area contributed by atoms with Crippen LogP contribution in [0.3, 0.4) is 0 Å². The molecule has 0 radical (unpaired) electrons. The van der Waals surface area contributed by atoms with E-state index in [0.29, 0.717) is 24.5 Å². The number of sulfone groups is 1. The minimum Gasteiger partial charge on any atom is -0.380 e. The number of nitrogens with zero attached hydrogens (tertiary/aromatic N) is 2. The quantitative estimate of drug-likeness (QED) is 0.790. The Hall–Kier alpha value is -1.99. The maximum Gasteiger partial charge on any atom is 0.254 e. The maximum atomic E-state index is 13.5. The van der Waals surface area contributed by atoms with Crippen LogP contribution in [-0.2, 0) is 14.6 Å². The van der Waals surface area contributed by atoms with Crippen LogP contribution in [0.2, 0.25) is 0 Å². The Morgan fingerprint density at radius 2 is 2.00 bits per heavy atom. The molecule has 2 saturated heterocycles. The molecule has 0 N–H and O–H groups in total. The molecule has 7 heteroatoms. The topological polar surface area (TPSA) is 76.6 Å².